The molecule has 1 heterocycles. The van der Waals surface area contributed by atoms with Gasteiger partial charge in [-0.1, -0.05) is 41.6 Å². The van der Waals surface area contributed by atoms with Crippen LogP contribution in [0.25, 0.3) is 5.69 Å². The van der Waals surface area contributed by atoms with E-state index in [4.69, 9.17) is 0 Å². The van der Waals surface area contributed by atoms with E-state index in [1.165, 1.54) is 29.5 Å². The van der Waals surface area contributed by atoms with E-state index >= 15 is 0 Å². The second-order valence-electron chi connectivity index (χ2n) is 6.34. The van der Waals surface area contributed by atoms with Crippen LogP contribution in [0.1, 0.15) is 24.1 Å². The molecule has 1 atom stereocenters. The van der Waals surface area contributed by atoms with Crippen molar-refractivity contribution in [1.29, 1.82) is 0 Å². The number of nitrogens with zero attached hydrogens (tertiary/aromatic N) is 4. The van der Waals surface area contributed by atoms with Crippen molar-refractivity contribution >= 4 is 17.7 Å². The van der Waals surface area contributed by atoms with Crippen LogP contribution in [0.15, 0.2) is 60.0 Å². The molecule has 140 valence electrons. The summed E-state index contributed by atoms with van der Waals surface area (Å²) in [6.45, 7) is 3.95. The molecule has 27 heavy (non-hydrogen) atoms. The zero-order valence-corrected chi connectivity index (χ0v) is 16.3. The summed E-state index contributed by atoms with van der Waals surface area (Å²) < 4.78 is 15.0. The van der Waals surface area contributed by atoms with E-state index in [0.717, 1.165) is 11.3 Å². The molecule has 0 fully saturated rings. The Morgan fingerprint density at radius 3 is 2.52 bits per heavy atom. The summed E-state index contributed by atoms with van der Waals surface area (Å²) in [5.74, 6) is -0.0757. The third kappa shape index (κ3) is 4.54. The molecule has 0 aliphatic carbocycles. The summed E-state index contributed by atoms with van der Waals surface area (Å²) in [4.78, 5) is 14.2. The Labute approximate surface area is 162 Å². The van der Waals surface area contributed by atoms with Gasteiger partial charge in [0.2, 0.25) is 5.91 Å². The van der Waals surface area contributed by atoms with Gasteiger partial charge in [-0.3, -0.25) is 9.36 Å². The standard InChI is InChI=1S/C20H21FN4OS/c1-14-4-10-18(11-5-14)25-13-22-23-20(25)27-12-19(26)24(3)15(2)16-6-8-17(21)9-7-16/h4-11,13,15H,12H2,1-3H3. The summed E-state index contributed by atoms with van der Waals surface area (Å²) in [7, 11) is 1.75. The molecular weight excluding hydrogens is 363 g/mol. The van der Waals surface area contributed by atoms with Crippen LogP contribution >= 0.6 is 11.8 Å². The van der Waals surface area contributed by atoms with Crippen molar-refractivity contribution in [2.45, 2.75) is 25.0 Å². The number of amides is 1. The molecule has 0 aliphatic rings. The Hall–Kier alpha value is -2.67. The number of hydrogen-bond donors (Lipinski definition) is 0. The van der Waals surface area contributed by atoms with E-state index in [9.17, 15) is 9.18 Å². The largest absolute Gasteiger partial charge is 0.338 e. The van der Waals surface area contributed by atoms with Gasteiger partial charge in [-0.2, -0.15) is 0 Å². The van der Waals surface area contributed by atoms with Crippen molar-refractivity contribution in [3.8, 4) is 5.69 Å². The maximum absolute atomic E-state index is 13.1. The Bertz CT molecular complexity index is 908. The summed E-state index contributed by atoms with van der Waals surface area (Å²) in [5.41, 5.74) is 3.02. The number of carbonyl (C=O) groups is 1. The van der Waals surface area contributed by atoms with Crippen LogP contribution in [0.5, 0.6) is 0 Å². The van der Waals surface area contributed by atoms with Gasteiger partial charge < -0.3 is 4.90 Å². The van der Waals surface area contributed by atoms with Crippen molar-refractivity contribution in [3.63, 3.8) is 0 Å². The van der Waals surface area contributed by atoms with E-state index in [1.54, 1.807) is 30.4 Å². The highest BCUT2D eigenvalue weighted by Gasteiger charge is 2.19. The average Bonchev–Trinajstić information content (AvgIpc) is 3.14. The summed E-state index contributed by atoms with van der Waals surface area (Å²) in [5, 5.41) is 8.75. The molecule has 1 amide bonds. The van der Waals surface area contributed by atoms with Gasteiger partial charge in [0.15, 0.2) is 5.16 Å². The van der Waals surface area contributed by atoms with Crippen LogP contribution in [-0.2, 0) is 4.79 Å². The first-order valence-electron chi connectivity index (χ1n) is 8.56. The van der Waals surface area contributed by atoms with E-state index < -0.39 is 0 Å². The maximum Gasteiger partial charge on any atom is 0.233 e. The molecule has 7 heteroatoms. The fraction of sp³-hybridized carbons (Fsp3) is 0.250. The third-order valence-corrected chi connectivity index (χ3v) is 5.41. The lowest BCUT2D eigenvalue weighted by Crippen LogP contribution is -2.31. The predicted octanol–water partition coefficient (Wildman–Crippen LogP) is 4.03. The van der Waals surface area contributed by atoms with Gasteiger partial charge in [-0.05, 0) is 43.7 Å². The summed E-state index contributed by atoms with van der Waals surface area (Å²) in [6, 6.07) is 14.1. The van der Waals surface area contributed by atoms with Gasteiger partial charge in [0.05, 0.1) is 11.8 Å². The normalized spacial score (nSPS) is 12.0. The number of aryl methyl sites for hydroxylation is 1. The minimum absolute atomic E-state index is 0.0321. The summed E-state index contributed by atoms with van der Waals surface area (Å²) >= 11 is 1.34. The number of rotatable bonds is 6. The molecule has 2 aromatic carbocycles. The van der Waals surface area contributed by atoms with Crippen LogP contribution in [0, 0.1) is 12.7 Å². The lowest BCUT2D eigenvalue weighted by Gasteiger charge is -2.25. The second kappa shape index (κ2) is 8.35. The molecule has 1 aromatic heterocycles. The zero-order valence-electron chi connectivity index (χ0n) is 15.5. The first-order valence-corrected chi connectivity index (χ1v) is 9.55. The molecule has 0 radical (unpaired) electrons. The molecule has 3 rings (SSSR count). The van der Waals surface area contributed by atoms with Gasteiger partial charge in [0, 0.05) is 12.7 Å². The summed E-state index contributed by atoms with van der Waals surface area (Å²) in [6.07, 6.45) is 1.64. The highest BCUT2D eigenvalue weighted by molar-refractivity contribution is 7.99. The van der Waals surface area contributed by atoms with E-state index in [1.807, 2.05) is 42.7 Å². The van der Waals surface area contributed by atoms with Crippen LogP contribution in [0.4, 0.5) is 4.39 Å². The Morgan fingerprint density at radius 2 is 1.85 bits per heavy atom. The fourth-order valence-corrected chi connectivity index (χ4v) is 3.47. The van der Waals surface area contributed by atoms with Gasteiger partial charge in [-0.25, -0.2) is 4.39 Å². The fourth-order valence-electron chi connectivity index (χ4n) is 2.61. The number of aromatic nitrogens is 3. The Balaban J connectivity index is 1.65. The average molecular weight is 384 g/mol. The van der Waals surface area contributed by atoms with Crippen molar-refractivity contribution in [1.82, 2.24) is 19.7 Å². The van der Waals surface area contributed by atoms with E-state index in [-0.39, 0.29) is 23.5 Å². The molecule has 0 saturated heterocycles. The van der Waals surface area contributed by atoms with Gasteiger partial charge in [-0.15, -0.1) is 10.2 Å². The topological polar surface area (TPSA) is 51.0 Å². The van der Waals surface area contributed by atoms with Crippen LogP contribution < -0.4 is 0 Å². The van der Waals surface area contributed by atoms with Crippen molar-refractivity contribution in [3.05, 3.63) is 71.8 Å². The smallest absolute Gasteiger partial charge is 0.233 e. The van der Waals surface area contributed by atoms with E-state index in [2.05, 4.69) is 10.2 Å². The first-order chi connectivity index (χ1) is 13.0. The van der Waals surface area contributed by atoms with Gasteiger partial charge >= 0.3 is 0 Å². The number of thioether (sulfide) groups is 1. The highest BCUT2D eigenvalue weighted by atomic mass is 32.2. The zero-order chi connectivity index (χ0) is 19.4. The molecule has 0 spiro atoms. The van der Waals surface area contributed by atoms with Crippen LogP contribution in [0.3, 0.4) is 0 Å². The first kappa shape index (κ1) is 19.1. The predicted molar refractivity (Wildman–Crippen MR) is 104 cm³/mol. The molecule has 0 aliphatic heterocycles. The SMILES string of the molecule is Cc1ccc(-n2cnnc2SCC(=O)N(C)C(C)c2ccc(F)cc2)cc1. The molecule has 3 aromatic rings. The number of hydrogen-bond acceptors (Lipinski definition) is 4. The van der Waals surface area contributed by atoms with Crippen LogP contribution in [0.2, 0.25) is 0 Å². The lowest BCUT2D eigenvalue weighted by molar-refractivity contribution is -0.128. The van der Waals surface area contributed by atoms with Crippen molar-refractivity contribution in [2.24, 2.45) is 0 Å². The molecule has 0 saturated carbocycles. The monoisotopic (exact) mass is 384 g/mol. The van der Waals surface area contributed by atoms with Crippen molar-refractivity contribution < 1.29 is 9.18 Å². The van der Waals surface area contributed by atoms with E-state index in [0.29, 0.717) is 5.16 Å². The molecule has 5 nitrogen and oxygen atoms in total. The minimum atomic E-state index is -0.286. The van der Waals surface area contributed by atoms with Crippen LogP contribution in [-0.4, -0.2) is 38.4 Å². The van der Waals surface area contributed by atoms with Gasteiger partial charge in [0.1, 0.15) is 12.1 Å². The minimum Gasteiger partial charge on any atom is -0.338 e. The lowest BCUT2D eigenvalue weighted by atomic mass is 10.1. The maximum atomic E-state index is 13.1. The van der Waals surface area contributed by atoms with Crippen molar-refractivity contribution in [2.75, 3.05) is 12.8 Å². The molecule has 0 N–H and O–H groups in total. The third-order valence-electron chi connectivity index (χ3n) is 4.48. The van der Waals surface area contributed by atoms with Gasteiger partial charge in [0.25, 0.3) is 0 Å². The number of halogens is 1. The Kier molecular flexibility index (Phi) is 5.91. The number of carbonyl (C=O) groups excluding carboxylic acids is 1. The molecular formula is C20H21FN4OS. The molecule has 1 unspecified atom stereocenters. The second-order valence-corrected chi connectivity index (χ2v) is 7.28. The molecule has 0 bridgehead atoms. The Morgan fingerprint density at radius 1 is 1.19 bits per heavy atom. The highest BCUT2D eigenvalue weighted by Crippen LogP contribution is 2.23. The quantitative estimate of drug-likeness (QED) is 0.602. The number of benzene rings is 2.